The van der Waals surface area contributed by atoms with Crippen molar-refractivity contribution in [2.75, 3.05) is 38.1 Å². The molecule has 1 fully saturated rings. The number of hydroxylamine groups is 3. The number of aryl methyl sites for hydroxylation is 1. The Morgan fingerprint density at radius 3 is 2.61 bits per heavy atom. The van der Waals surface area contributed by atoms with Gasteiger partial charge < -0.3 is 19.3 Å². The Morgan fingerprint density at radius 1 is 1.03 bits per heavy atom. The van der Waals surface area contributed by atoms with Crippen molar-refractivity contribution in [2.24, 2.45) is 7.05 Å². The minimum atomic E-state index is -0.227. The third-order valence-corrected chi connectivity index (χ3v) is 6.36. The second-order valence-electron chi connectivity index (χ2n) is 9.04. The molecular formula is C26H27N5O2. The highest BCUT2D eigenvalue weighted by molar-refractivity contribution is 5.98. The maximum atomic E-state index is 13.0. The van der Waals surface area contributed by atoms with Crippen molar-refractivity contribution in [3.05, 3.63) is 83.7 Å². The number of fused-ring (bicyclic) bond motifs is 1. The Kier molecular flexibility index (Phi) is 5.44. The average molecular weight is 442 g/mol. The Labute approximate surface area is 193 Å². The van der Waals surface area contributed by atoms with Crippen LogP contribution in [0.25, 0.3) is 21.9 Å². The highest BCUT2D eigenvalue weighted by Gasteiger charge is 2.23. The van der Waals surface area contributed by atoms with Gasteiger partial charge in [0.25, 0.3) is 0 Å². The third kappa shape index (κ3) is 4.65. The van der Waals surface area contributed by atoms with Gasteiger partial charge in [0.15, 0.2) is 5.78 Å². The van der Waals surface area contributed by atoms with Crippen molar-refractivity contribution >= 4 is 22.4 Å². The fourth-order valence-electron chi connectivity index (χ4n) is 4.29. The van der Waals surface area contributed by atoms with Crippen LogP contribution >= 0.6 is 0 Å². The van der Waals surface area contributed by atoms with E-state index in [0.717, 1.165) is 33.4 Å². The maximum Gasteiger partial charge on any atom is 0.169 e. The zero-order valence-corrected chi connectivity index (χ0v) is 18.9. The number of likely N-dealkylation sites (N-methyl/N-ethyl adjacent to an activating group) is 1. The molecule has 0 aliphatic carbocycles. The number of aromatic nitrogens is 3. The zero-order valence-electron chi connectivity index (χ0n) is 18.9. The van der Waals surface area contributed by atoms with Gasteiger partial charge in [-0.1, -0.05) is 12.1 Å². The number of carbonyl (C=O) groups excluding carboxylic acids is 1. The molecule has 168 valence electrons. The molecular weight excluding hydrogens is 414 g/mol. The van der Waals surface area contributed by atoms with Crippen LogP contribution in [-0.2, 0) is 13.5 Å². The van der Waals surface area contributed by atoms with E-state index in [0.29, 0.717) is 31.7 Å². The van der Waals surface area contributed by atoms with Crippen molar-refractivity contribution in [1.82, 2.24) is 14.5 Å². The molecule has 0 atom stereocenters. The highest BCUT2D eigenvalue weighted by Crippen LogP contribution is 2.25. The summed E-state index contributed by atoms with van der Waals surface area (Å²) in [7, 11) is 3.71. The van der Waals surface area contributed by atoms with Gasteiger partial charge in [0, 0.05) is 48.5 Å². The average Bonchev–Trinajstić information content (AvgIpc) is 3.25. The van der Waals surface area contributed by atoms with E-state index in [4.69, 9.17) is 0 Å². The summed E-state index contributed by atoms with van der Waals surface area (Å²) in [6, 6.07) is 14.0. The monoisotopic (exact) mass is 441 g/mol. The fraction of sp³-hybridized carbons (Fsp3) is 0.269. The number of quaternary nitrogens is 1. The first-order chi connectivity index (χ1) is 15.9. The first kappa shape index (κ1) is 21.3. The van der Waals surface area contributed by atoms with Gasteiger partial charge in [-0.25, -0.2) is 4.98 Å². The van der Waals surface area contributed by atoms with Crippen LogP contribution in [0, 0.1) is 5.21 Å². The molecule has 1 saturated heterocycles. The Bertz CT molecular complexity index is 1320. The molecule has 1 aliphatic heterocycles. The number of Topliss-reactive ketones (excluding diaryl/α,β-unsaturated/α-hetero) is 1. The fourth-order valence-corrected chi connectivity index (χ4v) is 4.29. The summed E-state index contributed by atoms with van der Waals surface area (Å²) >= 11 is 0. The van der Waals surface area contributed by atoms with Gasteiger partial charge in [0.2, 0.25) is 0 Å². The van der Waals surface area contributed by atoms with Crippen molar-refractivity contribution < 1.29 is 9.44 Å². The number of nitrogens with zero attached hydrogens (tertiary/aromatic N) is 5. The topological polar surface area (TPSA) is 74.1 Å². The summed E-state index contributed by atoms with van der Waals surface area (Å²) in [5.74, 6) is 0.755. The van der Waals surface area contributed by atoms with E-state index < -0.39 is 0 Å². The van der Waals surface area contributed by atoms with E-state index in [1.165, 1.54) is 0 Å². The Hall–Kier alpha value is -3.55. The normalized spacial score (nSPS) is 15.7. The lowest BCUT2D eigenvalue weighted by Gasteiger charge is -2.45. The summed E-state index contributed by atoms with van der Waals surface area (Å²) < 4.78 is 1.80. The van der Waals surface area contributed by atoms with Gasteiger partial charge in [0.1, 0.15) is 5.82 Å². The van der Waals surface area contributed by atoms with Crippen LogP contribution in [-0.4, -0.2) is 58.2 Å². The van der Waals surface area contributed by atoms with Crippen LogP contribution < -0.4 is 4.90 Å². The Morgan fingerprint density at radius 2 is 1.85 bits per heavy atom. The van der Waals surface area contributed by atoms with Crippen molar-refractivity contribution in [1.29, 1.82) is 0 Å². The molecule has 0 saturated carbocycles. The minimum absolute atomic E-state index is 0.00571. The molecule has 7 heteroatoms. The van der Waals surface area contributed by atoms with Crippen LogP contribution in [0.3, 0.4) is 0 Å². The van der Waals surface area contributed by atoms with E-state index >= 15 is 0 Å². The van der Waals surface area contributed by atoms with Crippen molar-refractivity contribution in [3.8, 4) is 11.1 Å². The predicted octanol–water partition coefficient (Wildman–Crippen LogP) is 3.83. The lowest BCUT2D eigenvalue weighted by atomic mass is 10.0. The largest absolute Gasteiger partial charge is 0.633 e. The molecule has 5 rings (SSSR count). The lowest BCUT2D eigenvalue weighted by Crippen LogP contribution is -2.54. The number of carbonyl (C=O) groups is 1. The van der Waals surface area contributed by atoms with Crippen LogP contribution in [0.15, 0.2) is 67.3 Å². The van der Waals surface area contributed by atoms with Gasteiger partial charge in [0.05, 0.1) is 39.6 Å². The Balaban J connectivity index is 1.34. The summed E-state index contributed by atoms with van der Waals surface area (Å²) in [4.78, 5) is 24.1. The van der Waals surface area contributed by atoms with Crippen LogP contribution in [0.4, 0.5) is 5.82 Å². The summed E-state index contributed by atoms with van der Waals surface area (Å²) in [6.45, 7) is 2.32. The molecule has 0 unspecified atom stereocenters. The number of benzene rings is 1. The minimum Gasteiger partial charge on any atom is -0.633 e. The van der Waals surface area contributed by atoms with E-state index in [2.05, 4.69) is 45.3 Å². The highest BCUT2D eigenvalue weighted by atomic mass is 16.5. The number of pyridine rings is 2. The second kappa shape index (κ2) is 8.42. The van der Waals surface area contributed by atoms with Gasteiger partial charge in [-0.15, -0.1) is 0 Å². The van der Waals surface area contributed by atoms with Gasteiger partial charge in [-0.3, -0.25) is 9.78 Å². The van der Waals surface area contributed by atoms with Gasteiger partial charge >= 0.3 is 0 Å². The maximum absolute atomic E-state index is 13.0. The molecule has 7 nitrogen and oxygen atoms in total. The molecule has 1 aromatic carbocycles. The van der Waals surface area contributed by atoms with Gasteiger partial charge in [-0.05, 0) is 46.8 Å². The first-order valence-electron chi connectivity index (χ1n) is 11.2. The van der Waals surface area contributed by atoms with Crippen molar-refractivity contribution in [3.63, 3.8) is 0 Å². The van der Waals surface area contributed by atoms with E-state index in [9.17, 15) is 10.0 Å². The molecule has 4 heterocycles. The van der Waals surface area contributed by atoms with Crippen molar-refractivity contribution in [2.45, 2.75) is 6.42 Å². The number of hydrogen-bond donors (Lipinski definition) is 0. The standard InChI is InChI=1S/C26H27N5O2/c1-29-8-6-22(18-29)19-3-4-21-17-28-24(14-23(21)13-19)16-25(32)20-5-7-27-26(15-20)30-9-11-31(2,33)12-10-30/h3-8,13-15,17-18H,9-12,16H2,1-2H3. The van der Waals surface area contributed by atoms with Crippen LogP contribution in [0.1, 0.15) is 16.1 Å². The summed E-state index contributed by atoms with van der Waals surface area (Å²) in [5, 5.41) is 14.2. The van der Waals surface area contributed by atoms with Crippen LogP contribution in [0.2, 0.25) is 0 Å². The quantitative estimate of drug-likeness (QED) is 0.267. The molecule has 0 bridgehead atoms. The molecule has 0 amide bonds. The molecule has 0 radical (unpaired) electrons. The molecule has 33 heavy (non-hydrogen) atoms. The molecule has 4 aromatic rings. The number of anilines is 1. The zero-order chi connectivity index (χ0) is 23.0. The van der Waals surface area contributed by atoms with E-state index in [1.807, 2.05) is 36.1 Å². The molecule has 3 aromatic heterocycles. The summed E-state index contributed by atoms with van der Waals surface area (Å²) in [5.41, 5.74) is 3.66. The van der Waals surface area contributed by atoms with Gasteiger partial charge in [-0.2, -0.15) is 0 Å². The SMILES string of the molecule is Cn1ccc(-c2ccc3cnc(CC(=O)c4ccnc(N5CC[N+](C)([O-])CC5)c4)cc3c2)c1. The summed E-state index contributed by atoms with van der Waals surface area (Å²) in [6.07, 6.45) is 7.84. The number of piperazine rings is 1. The van der Waals surface area contributed by atoms with Crippen LogP contribution in [0.5, 0.6) is 0 Å². The smallest absolute Gasteiger partial charge is 0.169 e. The molecule has 1 aliphatic rings. The van der Waals surface area contributed by atoms with E-state index in [1.54, 1.807) is 19.3 Å². The second-order valence-corrected chi connectivity index (χ2v) is 9.04. The number of rotatable bonds is 5. The predicted molar refractivity (Wildman–Crippen MR) is 130 cm³/mol. The van der Waals surface area contributed by atoms with E-state index in [-0.39, 0.29) is 16.9 Å². The third-order valence-electron chi connectivity index (χ3n) is 6.36. The molecule has 0 N–H and O–H groups in total. The molecule has 0 spiro atoms. The number of ketones is 1. The first-order valence-corrected chi connectivity index (χ1v) is 11.2. The lowest BCUT2D eigenvalue weighted by molar-refractivity contribution is -0.861. The number of hydrogen-bond acceptors (Lipinski definition) is 5.